The molecule has 2 heterocycles. The van der Waals surface area contributed by atoms with Gasteiger partial charge in [-0.3, -0.25) is 9.89 Å². The first kappa shape index (κ1) is 14.9. The van der Waals surface area contributed by atoms with Gasteiger partial charge >= 0.3 is 0 Å². The molecule has 0 bridgehead atoms. The summed E-state index contributed by atoms with van der Waals surface area (Å²) >= 11 is 0. The number of carbonyl (C=O) groups is 1. The Morgan fingerprint density at radius 1 is 1.30 bits per heavy atom. The van der Waals surface area contributed by atoms with Crippen LogP contribution in [0.5, 0.6) is 5.75 Å². The van der Waals surface area contributed by atoms with Crippen LogP contribution in [0.15, 0.2) is 46.9 Å². The topological polar surface area (TPSA) is 80.1 Å². The van der Waals surface area contributed by atoms with Crippen molar-refractivity contribution in [3.63, 3.8) is 0 Å². The molecule has 2 N–H and O–H groups in total. The van der Waals surface area contributed by atoms with Crippen molar-refractivity contribution >= 4 is 5.91 Å². The van der Waals surface area contributed by atoms with E-state index < -0.39 is 0 Å². The molecule has 0 saturated carbocycles. The zero-order chi connectivity index (χ0) is 16.2. The van der Waals surface area contributed by atoms with Crippen molar-refractivity contribution in [2.75, 3.05) is 7.11 Å². The highest BCUT2D eigenvalue weighted by Crippen LogP contribution is 2.20. The van der Waals surface area contributed by atoms with Crippen molar-refractivity contribution < 1.29 is 13.9 Å². The van der Waals surface area contributed by atoms with Crippen LogP contribution in [-0.2, 0) is 6.54 Å². The van der Waals surface area contributed by atoms with E-state index in [1.807, 2.05) is 43.3 Å². The molecule has 1 aromatic carbocycles. The van der Waals surface area contributed by atoms with E-state index in [1.54, 1.807) is 13.2 Å². The minimum absolute atomic E-state index is 0.251. The van der Waals surface area contributed by atoms with Gasteiger partial charge < -0.3 is 14.5 Å². The summed E-state index contributed by atoms with van der Waals surface area (Å²) in [6, 6.07) is 12.9. The van der Waals surface area contributed by atoms with Crippen molar-refractivity contribution in [2.45, 2.75) is 13.5 Å². The number of hydrogen-bond donors (Lipinski definition) is 2. The Bertz CT molecular complexity index is 820. The lowest BCUT2D eigenvalue weighted by Gasteiger charge is -2.05. The number of hydrogen-bond acceptors (Lipinski definition) is 4. The minimum Gasteiger partial charge on any atom is -0.497 e. The van der Waals surface area contributed by atoms with Gasteiger partial charge in [0, 0.05) is 12.6 Å². The second-order valence-electron chi connectivity index (χ2n) is 5.11. The molecule has 0 saturated heterocycles. The van der Waals surface area contributed by atoms with Crippen LogP contribution >= 0.6 is 0 Å². The van der Waals surface area contributed by atoms with Gasteiger partial charge in [-0.2, -0.15) is 5.10 Å². The van der Waals surface area contributed by atoms with Crippen molar-refractivity contribution in [1.29, 1.82) is 0 Å². The van der Waals surface area contributed by atoms with Gasteiger partial charge in [0.05, 0.1) is 7.11 Å². The summed E-state index contributed by atoms with van der Waals surface area (Å²) in [7, 11) is 1.61. The predicted octanol–water partition coefficient (Wildman–Crippen LogP) is 2.92. The molecule has 0 unspecified atom stereocenters. The number of furan rings is 1. The summed E-state index contributed by atoms with van der Waals surface area (Å²) in [6.45, 7) is 2.26. The molecule has 0 aliphatic carbocycles. The average Bonchev–Trinajstić information content (AvgIpc) is 3.21. The van der Waals surface area contributed by atoms with Crippen molar-refractivity contribution in [3.05, 3.63) is 59.5 Å². The Morgan fingerprint density at radius 2 is 2.17 bits per heavy atom. The number of benzene rings is 1. The van der Waals surface area contributed by atoms with E-state index in [-0.39, 0.29) is 5.91 Å². The monoisotopic (exact) mass is 311 g/mol. The molecule has 23 heavy (non-hydrogen) atoms. The largest absolute Gasteiger partial charge is 0.497 e. The molecule has 3 rings (SSSR count). The highest BCUT2D eigenvalue weighted by atomic mass is 16.5. The Hall–Kier alpha value is -3.02. The number of aromatic amines is 1. The van der Waals surface area contributed by atoms with Crippen LogP contribution in [0, 0.1) is 6.92 Å². The van der Waals surface area contributed by atoms with Crippen LogP contribution in [0.4, 0.5) is 0 Å². The van der Waals surface area contributed by atoms with Gasteiger partial charge in [0.2, 0.25) is 0 Å². The number of methoxy groups -OCH3 is 1. The summed E-state index contributed by atoms with van der Waals surface area (Å²) in [5.41, 5.74) is 1.94. The number of amides is 1. The minimum atomic E-state index is -0.251. The Kier molecular flexibility index (Phi) is 4.14. The molecule has 0 fully saturated rings. The molecular weight excluding hydrogens is 294 g/mol. The van der Waals surface area contributed by atoms with Crippen molar-refractivity contribution in [2.24, 2.45) is 0 Å². The number of ether oxygens (including phenoxy) is 1. The fourth-order valence-corrected chi connectivity index (χ4v) is 2.20. The third kappa shape index (κ3) is 3.42. The number of rotatable bonds is 5. The fourth-order valence-electron chi connectivity index (χ4n) is 2.20. The molecule has 1 amide bonds. The summed E-state index contributed by atoms with van der Waals surface area (Å²) in [5.74, 6) is 1.96. The summed E-state index contributed by atoms with van der Waals surface area (Å²) in [5, 5.41) is 9.66. The standard InChI is InChI=1S/C17H17N3O3/c1-11-6-7-16(23-11)14-9-15(20-19-14)17(21)18-10-12-4-3-5-13(8-12)22-2/h3-9H,10H2,1-2H3,(H,18,21)(H,19,20). The number of aryl methyl sites for hydroxylation is 1. The number of nitrogens with one attached hydrogen (secondary N) is 2. The lowest BCUT2D eigenvalue weighted by Crippen LogP contribution is -2.23. The Balaban J connectivity index is 1.65. The SMILES string of the molecule is COc1cccc(CNC(=O)c2cc(-c3ccc(C)o3)[nH]n2)c1. The molecule has 3 aromatic rings. The fraction of sp³-hybridized carbons (Fsp3) is 0.176. The van der Waals surface area contributed by atoms with Crippen LogP contribution in [0.2, 0.25) is 0 Å². The van der Waals surface area contributed by atoms with Crippen LogP contribution < -0.4 is 10.1 Å². The van der Waals surface area contributed by atoms with Gasteiger partial charge in [-0.05, 0) is 36.8 Å². The summed E-state index contributed by atoms with van der Waals surface area (Å²) in [4.78, 5) is 12.2. The maximum absolute atomic E-state index is 12.2. The molecular formula is C17H17N3O3. The lowest BCUT2D eigenvalue weighted by molar-refractivity contribution is 0.0946. The second kappa shape index (κ2) is 6.39. The van der Waals surface area contributed by atoms with Crippen molar-refractivity contribution in [3.8, 4) is 17.2 Å². The van der Waals surface area contributed by atoms with Crippen LogP contribution in [0.1, 0.15) is 21.8 Å². The molecule has 2 aromatic heterocycles. The van der Waals surface area contributed by atoms with E-state index in [0.29, 0.717) is 23.7 Å². The average molecular weight is 311 g/mol. The van der Waals surface area contributed by atoms with Gasteiger partial charge in [-0.1, -0.05) is 12.1 Å². The molecule has 0 atom stereocenters. The first-order chi connectivity index (χ1) is 11.2. The second-order valence-corrected chi connectivity index (χ2v) is 5.11. The van der Waals surface area contributed by atoms with E-state index in [4.69, 9.17) is 9.15 Å². The number of aromatic nitrogens is 2. The zero-order valence-electron chi connectivity index (χ0n) is 12.9. The van der Waals surface area contributed by atoms with Gasteiger partial charge in [-0.15, -0.1) is 0 Å². The van der Waals surface area contributed by atoms with E-state index in [1.165, 1.54) is 0 Å². The molecule has 0 radical (unpaired) electrons. The van der Waals surface area contributed by atoms with E-state index in [9.17, 15) is 4.79 Å². The smallest absolute Gasteiger partial charge is 0.272 e. The number of nitrogens with zero attached hydrogens (tertiary/aromatic N) is 1. The maximum Gasteiger partial charge on any atom is 0.272 e. The van der Waals surface area contributed by atoms with Gasteiger partial charge in [0.1, 0.15) is 17.2 Å². The zero-order valence-corrected chi connectivity index (χ0v) is 12.9. The summed E-state index contributed by atoms with van der Waals surface area (Å²) in [6.07, 6.45) is 0. The Morgan fingerprint density at radius 3 is 2.91 bits per heavy atom. The third-order valence-corrected chi connectivity index (χ3v) is 3.40. The van der Waals surface area contributed by atoms with E-state index >= 15 is 0 Å². The number of carbonyl (C=O) groups excluding carboxylic acids is 1. The van der Waals surface area contributed by atoms with Gasteiger partial charge in [0.15, 0.2) is 11.5 Å². The Labute approximate surface area is 133 Å². The van der Waals surface area contributed by atoms with Crippen molar-refractivity contribution in [1.82, 2.24) is 15.5 Å². The lowest BCUT2D eigenvalue weighted by atomic mass is 10.2. The molecule has 0 aliphatic rings. The van der Waals surface area contributed by atoms with E-state index in [0.717, 1.165) is 17.1 Å². The van der Waals surface area contributed by atoms with Crippen LogP contribution in [-0.4, -0.2) is 23.2 Å². The van der Waals surface area contributed by atoms with E-state index in [2.05, 4.69) is 15.5 Å². The summed E-state index contributed by atoms with van der Waals surface area (Å²) < 4.78 is 10.7. The number of H-pyrrole nitrogens is 1. The first-order valence-corrected chi connectivity index (χ1v) is 7.19. The molecule has 0 aliphatic heterocycles. The quantitative estimate of drug-likeness (QED) is 0.759. The van der Waals surface area contributed by atoms with Crippen LogP contribution in [0.25, 0.3) is 11.5 Å². The normalized spacial score (nSPS) is 10.5. The highest BCUT2D eigenvalue weighted by Gasteiger charge is 2.13. The molecule has 118 valence electrons. The first-order valence-electron chi connectivity index (χ1n) is 7.19. The van der Waals surface area contributed by atoms with Crippen LogP contribution in [0.3, 0.4) is 0 Å². The molecule has 0 spiro atoms. The van der Waals surface area contributed by atoms with Gasteiger partial charge in [-0.25, -0.2) is 0 Å². The third-order valence-electron chi connectivity index (χ3n) is 3.40. The highest BCUT2D eigenvalue weighted by molar-refractivity contribution is 5.93. The molecule has 6 heteroatoms. The van der Waals surface area contributed by atoms with Gasteiger partial charge in [0.25, 0.3) is 5.91 Å². The molecule has 6 nitrogen and oxygen atoms in total. The predicted molar refractivity (Wildman–Crippen MR) is 85.2 cm³/mol. The maximum atomic E-state index is 12.2.